The van der Waals surface area contributed by atoms with Crippen LogP contribution in [-0.4, -0.2) is 52.5 Å². The highest BCUT2D eigenvalue weighted by atomic mass is 16.6. The van der Waals surface area contributed by atoms with E-state index in [-0.39, 0.29) is 18.2 Å². The lowest BCUT2D eigenvalue weighted by Gasteiger charge is -2.23. The molecule has 1 amide bonds. The van der Waals surface area contributed by atoms with Gasteiger partial charge in [0.25, 0.3) is 0 Å². The van der Waals surface area contributed by atoms with Crippen molar-refractivity contribution in [1.82, 2.24) is 25.2 Å². The van der Waals surface area contributed by atoms with Gasteiger partial charge >= 0.3 is 6.09 Å². The van der Waals surface area contributed by atoms with Gasteiger partial charge in [-0.2, -0.15) is 5.10 Å². The van der Waals surface area contributed by atoms with Crippen LogP contribution in [-0.2, 0) is 4.74 Å². The lowest BCUT2D eigenvalue weighted by Crippen LogP contribution is -2.40. The Kier molecular flexibility index (Phi) is 5.14. The van der Waals surface area contributed by atoms with Gasteiger partial charge in [0.2, 0.25) is 0 Å². The number of carbonyl (C=O) groups is 1. The van der Waals surface area contributed by atoms with E-state index in [0.717, 1.165) is 36.7 Å². The number of rotatable bonds is 5. The van der Waals surface area contributed by atoms with Crippen LogP contribution in [0.25, 0.3) is 5.65 Å². The third-order valence-corrected chi connectivity index (χ3v) is 5.58. The van der Waals surface area contributed by atoms with Crippen LogP contribution in [0.4, 0.5) is 10.6 Å². The highest BCUT2D eigenvalue weighted by Crippen LogP contribution is 2.44. The fourth-order valence-corrected chi connectivity index (χ4v) is 3.78. The van der Waals surface area contributed by atoms with Crippen LogP contribution < -0.4 is 15.5 Å². The molecular weight excluding hydrogens is 368 g/mol. The second-order valence-corrected chi connectivity index (χ2v) is 9.25. The molecule has 8 heteroatoms. The van der Waals surface area contributed by atoms with E-state index < -0.39 is 5.60 Å². The number of anilines is 1. The quantitative estimate of drug-likeness (QED) is 0.803. The molecule has 4 rings (SSSR count). The Morgan fingerprint density at radius 1 is 1.31 bits per heavy atom. The van der Waals surface area contributed by atoms with Gasteiger partial charge in [-0.05, 0) is 59.9 Å². The summed E-state index contributed by atoms with van der Waals surface area (Å²) in [5.74, 6) is 1.60. The van der Waals surface area contributed by atoms with Crippen molar-refractivity contribution in [3.05, 3.63) is 23.5 Å². The minimum atomic E-state index is -0.488. The molecule has 1 aliphatic heterocycles. The van der Waals surface area contributed by atoms with Gasteiger partial charge in [-0.25, -0.2) is 14.3 Å². The zero-order chi connectivity index (χ0) is 20.8. The molecule has 0 bridgehead atoms. The van der Waals surface area contributed by atoms with Crippen LogP contribution >= 0.6 is 0 Å². The van der Waals surface area contributed by atoms with Crippen LogP contribution in [0.2, 0.25) is 0 Å². The smallest absolute Gasteiger partial charge is 0.407 e. The minimum absolute atomic E-state index is 0.0692. The molecule has 1 aliphatic carbocycles. The molecule has 0 radical (unpaired) electrons. The number of alkyl carbamates (subject to hydrolysis) is 1. The molecule has 1 saturated heterocycles. The molecule has 2 aliphatic rings. The maximum Gasteiger partial charge on any atom is 0.407 e. The fraction of sp³-hybridized carbons (Fsp3) is 0.667. The lowest BCUT2D eigenvalue weighted by molar-refractivity contribution is 0.0509. The summed E-state index contributed by atoms with van der Waals surface area (Å²) in [6, 6.07) is 2.30. The molecule has 29 heavy (non-hydrogen) atoms. The summed E-state index contributed by atoms with van der Waals surface area (Å²) < 4.78 is 7.31. The zero-order valence-corrected chi connectivity index (χ0v) is 18.0. The molecule has 0 aromatic carbocycles. The third-order valence-electron chi connectivity index (χ3n) is 5.58. The predicted octanol–water partition coefficient (Wildman–Crippen LogP) is 2.99. The normalized spacial score (nSPS) is 20.9. The average molecular weight is 401 g/mol. The Morgan fingerprint density at radius 2 is 2.07 bits per heavy atom. The van der Waals surface area contributed by atoms with Crippen molar-refractivity contribution >= 4 is 17.6 Å². The Balaban J connectivity index is 1.54. The SMILES string of the molecule is CN[C@@H](C)c1cc2nc(N3CC[C@H](NC(=O)OC(C)(C)C)C3)c(C3CC3)cn2n1. The number of fused-ring (bicyclic) bond motifs is 1. The van der Waals surface area contributed by atoms with Crippen molar-refractivity contribution < 1.29 is 9.53 Å². The van der Waals surface area contributed by atoms with Gasteiger partial charge in [-0.3, -0.25) is 0 Å². The zero-order valence-electron chi connectivity index (χ0n) is 18.0. The summed E-state index contributed by atoms with van der Waals surface area (Å²) in [7, 11) is 1.94. The maximum atomic E-state index is 12.1. The Labute approximate surface area is 172 Å². The number of nitrogens with zero attached hydrogens (tertiary/aromatic N) is 4. The molecule has 2 N–H and O–H groups in total. The third kappa shape index (κ3) is 4.47. The molecule has 8 nitrogen and oxygen atoms in total. The van der Waals surface area contributed by atoms with Crippen LogP contribution in [0.1, 0.15) is 70.2 Å². The topological polar surface area (TPSA) is 83.8 Å². The van der Waals surface area contributed by atoms with Crippen molar-refractivity contribution in [3.8, 4) is 0 Å². The van der Waals surface area contributed by atoms with E-state index in [1.54, 1.807) is 0 Å². The van der Waals surface area contributed by atoms with Gasteiger partial charge in [-0.1, -0.05) is 0 Å². The number of ether oxygens (including phenoxy) is 1. The monoisotopic (exact) mass is 400 g/mol. The Morgan fingerprint density at radius 3 is 2.72 bits per heavy atom. The number of hydrogen-bond acceptors (Lipinski definition) is 6. The van der Waals surface area contributed by atoms with Crippen LogP contribution in [0.3, 0.4) is 0 Å². The van der Waals surface area contributed by atoms with E-state index in [4.69, 9.17) is 14.8 Å². The largest absolute Gasteiger partial charge is 0.444 e. The molecule has 158 valence electrons. The van der Waals surface area contributed by atoms with Crippen molar-refractivity contribution in [3.63, 3.8) is 0 Å². The Hall–Kier alpha value is -2.35. The van der Waals surface area contributed by atoms with Gasteiger partial charge < -0.3 is 20.3 Å². The summed E-state index contributed by atoms with van der Waals surface area (Å²) in [5.41, 5.74) is 2.63. The van der Waals surface area contributed by atoms with Crippen molar-refractivity contribution in [2.75, 3.05) is 25.0 Å². The first kappa shape index (κ1) is 19.9. The van der Waals surface area contributed by atoms with E-state index in [0.29, 0.717) is 5.92 Å². The summed E-state index contributed by atoms with van der Waals surface area (Å²) in [6.45, 7) is 9.35. The van der Waals surface area contributed by atoms with Gasteiger partial charge in [-0.15, -0.1) is 0 Å². The fourth-order valence-electron chi connectivity index (χ4n) is 3.78. The lowest BCUT2D eigenvalue weighted by atomic mass is 10.2. The molecule has 0 spiro atoms. The first-order chi connectivity index (χ1) is 13.7. The molecule has 1 saturated carbocycles. The average Bonchev–Trinajstić information content (AvgIpc) is 3.24. The first-order valence-electron chi connectivity index (χ1n) is 10.6. The number of hydrogen-bond donors (Lipinski definition) is 2. The maximum absolute atomic E-state index is 12.1. The van der Waals surface area contributed by atoms with Gasteiger partial charge in [0.05, 0.1) is 11.7 Å². The van der Waals surface area contributed by atoms with Crippen LogP contribution in [0, 0.1) is 0 Å². The van der Waals surface area contributed by atoms with Crippen molar-refractivity contribution in [2.24, 2.45) is 0 Å². The van der Waals surface area contributed by atoms with E-state index >= 15 is 0 Å². The van der Waals surface area contributed by atoms with E-state index in [1.165, 1.54) is 18.4 Å². The summed E-state index contributed by atoms with van der Waals surface area (Å²) in [4.78, 5) is 19.4. The van der Waals surface area contributed by atoms with E-state index in [2.05, 4.69) is 28.7 Å². The summed E-state index contributed by atoms with van der Waals surface area (Å²) >= 11 is 0. The number of amides is 1. The van der Waals surface area contributed by atoms with Gasteiger partial charge in [0, 0.05) is 37.0 Å². The van der Waals surface area contributed by atoms with E-state index in [1.807, 2.05) is 38.4 Å². The molecule has 0 unspecified atom stereocenters. The molecule has 2 fully saturated rings. The predicted molar refractivity (Wildman–Crippen MR) is 112 cm³/mol. The second-order valence-electron chi connectivity index (χ2n) is 9.25. The second kappa shape index (κ2) is 7.48. The molecule has 2 aromatic heterocycles. The Bertz CT molecular complexity index is 898. The van der Waals surface area contributed by atoms with E-state index in [9.17, 15) is 4.79 Å². The number of nitrogens with one attached hydrogen (secondary N) is 2. The van der Waals surface area contributed by atoms with Gasteiger partial charge in [0.15, 0.2) is 5.65 Å². The van der Waals surface area contributed by atoms with Crippen LogP contribution in [0.5, 0.6) is 0 Å². The standard InChI is InChI=1S/C21H32N6O2/c1-13(22-5)17-10-18-24-19(16(14-6-7-14)12-27(18)25-17)26-9-8-15(11-26)23-20(28)29-21(2,3)4/h10,12-15,22H,6-9,11H2,1-5H3,(H,23,28)/t13-,15-/m0/s1. The number of aromatic nitrogens is 3. The summed E-state index contributed by atoms with van der Waals surface area (Å²) in [6.07, 6.45) is 5.09. The highest BCUT2D eigenvalue weighted by Gasteiger charge is 2.33. The number of carbonyl (C=O) groups excluding carboxylic acids is 1. The summed E-state index contributed by atoms with van der Waals surface area (Å²) in [5, 5.41) is 11.0. The first-order valence-corrected chi connectivity index (χ1v) is 10.6. The van der Waals surface area contributed by atoms with Gasteiger partial charge in [0.1, 0.15) is 11.4 Å². The van der Waals surface area contributed by atoms with Crippen molar-refractivity contribution in [1.29, 1.82) is 0 Å². The molecular formula is C21H32N6O2. The van der Waals surface area contributed by atoms with Crippen molar-refractivity contribution in [2.45, 2.75) is 70.6 Å². The minimum Gasteiger partial charge on any atom is -0.444 e. The molecule has 3 heterocycles. The molecule has 2 aromatic rings. The van der Waals surface area contributed by atoms with Crippen LogP contribution in [0.15, 0.2) is 12.3 Å². The highest BCUT2D eigenvalue weighted by molar-refractivity contribution is 5.68. The molecule has 2 atom stereocenters.